The van der Waals surface area contributed by atoms with E-state index in [4.69, 9.17) is 9.47 Å². The number of carbonyl (C=O) groups is 1. The Labute approximate surface area is 188 Å². The molecule has 1 aliphatic rings. The zero-order valence-corrected chi connectivity index (χ0v) is 18.6. The molecule has 6 nitrogen and oxygen atoms in total. The molecule has 0 saturated heterocycles. The first-order valence-electron chi connectivity index (χ1n) is 10.5. The molecular formula is C25H25NO5S. The summed E-state index contributed by atoms with van der Waals surface area (Å²) in [5.74, 6) is 0.346. The van der Waals surface area contributed by atoms with E-state index in [-0.39, 0.29) is 29.0 Å². The first-order valence-corrected chi connectivity index (χ1v) is 12.1. The highest BCUT2D eigenvalue weighted by Gasteiger charge is 2.21. The second-order valence-electron chi connectivity index (χ2n) is 7.65. The monoisotopic (exact) mass is 451 g/mol. The number of fused-ring (bicyclic) bond motifs is 1. The maximum absolute atomic E-state index is 12.7. The standard InChI is InChI=1S/C25H25NO5S/c1-18(19-7-9-21(10-8-19)20-5-3-2-4-6-20)26-25(27)13-16-32(28,29)22-11-12-23-24(17-22)31-15-14-30-23/h2-12,17-18H,13-16H2,1H3,(H,26,27). The molecular weight excluding hydrogens is 426 g/mol. The molecule has 1 unspecified atom stereocenters. The second-order valence-corrected chi connectivity index (χ2v) is 9.76. The maximum atomic E-state index is 12.7. The summed E-state index contributed by atoms with van der Waals surface area (Å²) in [5.41, 5.74) is 3.17. The Morgan fingerprint density at radius 2 is 1.56 bits per heavy atom. The Balaban J connectivity index is 1.34. The maximum Gasteiger partial charge on any atom is 0.221 e. The summed E-state index contributed by atoms with van der Waals surface area (Å²) >= 11 is 0. The van der Waals surface area contributed by atoms with Gasteiger partial charge in [0, 0.05) is 12.5 Å². The minimum Gasteiger partial charge on any atom is -0.486 e. The number of rotatable bonds is 7. The fourth-order valence-electron chi connectivity index (χ4n) is 3.55. The topological polar surface area (TPSA) is 81.7 Å². The van der Waals surface area contributed by atoms with Crippen molar-refractivity contribution in [1.29, 1.82) is 0 Å². The highest BCUT2D eigenvalue weighted by atomic mass is 32.2. The Hall–Kier alpha value is -3.32. The molecule has 7 heteroatoms. The van der Waals surface area contributed by atoms with Gasteiger partial charge in [-0.25, -0.2) is 8.42 Å². The van der Waals surface area contributed by atoms with Gasteiger partial charge in [-0.1, -0.05) is 54.6 Å². The van der Waals surface area contributed by atoms with Crippen LogP contribution in [0.15, 0.2) is 77.7 Å². The number of nitrogens with one attached hydrogen (secondary N) is 1. The number of hydrogen-bond acceptors (Lipinski definition) is 5. The van der Waals surface area contributed by atoms with Crippen LogP contribution in [-0.2, 0) is 14.6 Å². The van der Waals surface area contributed by atoms with Crippen molar-refractivity contribution in [1.82, 2.24) is 5.32 Å². The molecule has 1 N–H and O–H groups in total. The van der Waals surface area contributed by atoms with Crippen molar-refractivity contribution in [3.05, 3.63) is 78.4 Å². The molecule has 4 rings (SSSR count). The van der Waals surface area contributed by atoms with E-state index in [1.807, 2.05) is 61.5 Å². The molecule has 0 saturated carbocycles. The SMILES string of the molecule is CC(NC(=O)CCS(=O)(=O)c1ccc2c(c1)OCCO2)c1ccc(-c2ccccc2)cc1. The quantitative estimate of drug-likeness (QED) is 0.583. The molecule has 32 heavy (non-hydrogen) atoms. The number of carbonyl (C=O) groups excluding carboxylic acids is 1. The predicted octanol–water partition coefficient (Wildman–Crippen LogP) is 4.17. The van der Waals surface area contributed by atoms with Gasteiger partial charge in [0.25, 0.3) is 0 Å². The number of benzene rings is 3. The summed E-state index contributed by atoms with van der Waals surface area (Å²) < 4.78 is 36.2. The summed E-state index contributed by atoms with van der Waals surface area (Å²) in [6.07, 6.45) is -0.122. The van der Waals surface area contributed by atoms with Crippen molar-refractivity contribution in [3.8, 4) is 22.6 Å². The van der Waals surface area contributed by atoms with Crippen LogP contribution in [0, 0.1) is 0 Å². The number of amides is 1. The van der Waals surface area contributed by atoms with E-state index in [1.165, 1.54) is 12.1 Å². The molecule has 166 valence electrons. The van der Waals surface area contributed by atoms with E-state index < -0.39 is 9.84 Å². The molecule has 0 radical (unpaired) electrons. The molecule has 3 aromatic rings. The Kier molecular flexibility index (Phi) is 6.46. The third-order valence-electron chi connectivity index (χ3n) is 5.37. The minimum atomic E-state index is -3.62. The van der Waals surface area contributed by atoms with Crippen molar-refractivity contribution in [2.24, 2.45) is 0 Å². The van der Waals surface area contributed by atoms with Crippen LogP contribution >= 0.6 is 0 Å². The van der Waals surface area contributed by atoms with Crippen molar-refractivity contribution in [2.45, 2.75) is 24.3 Å². The molecule has 0 aliphatic carbocycles. The lowest BCUT2D eigenvalue weighted by atomic mass is 10.0. The molecule has 0 aromatic heterocycles. The van der Waals surface area contributed by atoms with Gasteiger partial charge in [-0.15, -0.1) is 0 Å². The number of sulfone groups is 1. The van der Waals surface area contributed by atoms with E-state index in [1.54, 1.807) is 6.07 Å². The van der Waals surface area contributed by atoms with E-state index in [0.29, 0.717) is 24.7 Å². The van der Waals surface area contributed by atoms with Gasteiger partial charge in [0.1, 0.15) is 13.2 Å². The van der Waals surface area contributed by atoms with Gasteiger partial charge in [-0.2, -0.15) is 0 Å². The number of hydrogen-bond donors (Lipinski definition) is 1. The van der Waals surface area contributed by atoms with Crippen molar-refractivity contribution in [3.63, 3.8) is 0 Å². The van der Waals surface area contributed by atoms with E-state index >= 15 is 0 Å². The van der Waals surface area contributed by atoms with Crippen molar-refractivity contribution < 1.29 is 22.7 Å². The van der Waals surface area contributed by atoms with Crippen LogP contribution in [0.5, 0.6) is 11.5 Å². The first kappa shape index (κ1) is 21.9. The highest BCUT2D eigenvalue weighted by molar-refractivity contribution is 7.91. The zero-order chi connectivity index (χ0) is 22.6. The summed E-state index contributed by atoms with van der Waals surface area (Å²) in [7, 11) is -3.62. The van der Waals surface area contributed by atoms with Crippen molar-refractivity contribution in [2.75, 3.05) is 19.0 Å². The van der Waals surface area contributed by atoms with Crippen LogP contribution in [-0.4, -0.2) is 33.3 Å². The molecule has 0 bridgehead atoms. The zero-order valence-electron chi connectivity index (χ0n) is 17.8. The van der Waals surface area contributed by atoms with Gasteiger partial charge in [-0.3, -0.25) is 4.79 Å². The summed E-state index contributed by atoms with van der Waals surface area (Å²) in [5, 5.41) is 2.88. The lowest BCUT2D eigenvalue weighted by Crippen LogP contribution is -2.28. The summed E-state index contributed by atoms with van der Waals surface area (Å²) in [4.78, 5) is 12.5. The van der Waals surface area contributed by atoms with Gasteiger partial charge in [-0.05, 0) is 35.7 Å². The van der Waals surface area contributed by atoms with Gasteiger partial charge < -0.3 is 14.8 Å². The minimum absolute atomic E-state index is 0.122. The van der Waals surface area contributed by atoms with Crippen LogP contribution in [0.3, 0.4) is 0 Å². The fourth-order valence-corrected chi connectivity index (χ4v) is 4.81. The van der Waals surface area contributed by atoms with E-state index in [2.05, 4.69) is 5.32 Å². The lowest BCUT2D eigenvalue weighted by Gasteiger charge is -2.19. The van der Waals surface area contributed by atoms with Crippen LogP contribution in [0.4, 0.5) is 0 Å². The largest absolute Gasteiger partial charge is 0.486 e. The van der Waals surface area contributed by atoms with Gasteiger partial charge >= 0.3 is 0 Å². The third-order valence-corrected chi connectivity index (χ3v) is 7.08. The molecule has 0 fully saturated rings. The van der Waals surface area contributed by atoms with Gasteiger partial charge in [0.05, 0.1) is 16.7 Å². The van der Waals surface area contributed by atoms with Crippen LogP contribution in [0.1, 0.15) is 24.9 Å². The Morgan fingerprint density at radius 1 is 0.906 bits per heavy atom. The van der Waals surface area contributed by atoms with Gasteiger partial charge in [0.2, 0.25) is 5.91 Å². The molecule has 1 amide bonds. The number of ether oxygens (including phenoxy) is 2. The normalized spacial score (nSPS) is 13.9. The first-order chi connectivity index (χ1) is 15.4. The van der Waals surface area contributed by atoms with Crippen molar-refractivity contribution >= 4 is 15.7 Å². The van der Waals surface area contributed by atoms with Crippen LogP contribution < -0.4 is 14.8 Å². The lowest BCUT2D eigenvalue weighted by molar-refractivity contribution is -0.121. The summed E-state index contributed by atoms with van der Waals surface area (Å²) in [6.45, 7) is 2.69. The molecule has 1 heterocycles. The van der Waals surface area contributed by atoms with Crippen LogP contribution in [0.2, 0.25) is 0 Å². The smallest absolute Gasteiger partial charge is 0.221 e. The van der Waals surface area contributed by atoms with Crippen LogP contribution in [0.25, 0.3) is 11.1 Å². The Bertz CT molecular complexity index is 1190. The van der Waals surface area contributed by atoms with E-state index in [0.717, 1.165) is 16.7 Å². The average molecular weight is 452 g/mol. The third kappa shape index (κ3) is 5.11. The Morgan fingerprint density at radius 3 is 2.28 bits per heavy atom. The van der Waals surface area contributed by atoms with Gasteiger partial charge in [0.15, 0.2) is 21.3 Å². The second kappa shape index (κ2) is 9.44. The molecule has 1 aliphatic heterocycles. The molecule has 1 atom stereocenters. The fraction of sp³-hybridized carbons (Fsp3) is 0.240. The molecule has 0 spiro atoms. The van der Waals surface area contributed by atoms with E-state index in [9.17, 15) is 13.2 Å². The average Bonchev–Trinajstić information content (AvgIpc) is 2.83. The predicted molar refractivity (Wildman–Crippen MR) is 123 cm³/mol. The molecule has 3 aromatic carbocycles. The summed E-state index contributed by atoms with van der Waals surface area (Å²) in [6, 6.07) is 22.3. The highest BCUT2D eigenvalue weighted by Crippen LogP contribution is 2.32.